The van der Waals surface area contributed by atoms with Crippen molar-refractivity contribution in [1.29, 1.82) is 0 Å². The number of hydrogen-bond donors (Lipinski definition) is 2. The first-order valence-corrected chi connectivity index (χ1v) is 4.62. The minimum atomic E-state index is 0.389. The van der Waals surface area contributed by atoms with Crippen molar-refractivity contribution >= 4 is 17.3 Å². The van der Waals surface area contributed by atoms with E-state index >= 15 is 0 Å². The molecule has 72 valence electrons. The molecular formula is C10H10ClN3. The predicted molar refractivity (Wildman–Crippen MR) is 58.2 cm³/mol. The van der Waals surface area contributed by atoms with E-state index in [9.17, 15) is 0 Å². The Morgan fingerprint density at radius 1 is 1.29 bits per heavy atom. The number of H-pyrrole nitrogens is 1. The molecule has 1 aromatic heterocycles. The average molecular weight is 208 g/mol. The smallest absolute Gasteiger partial charge is 0.148 e. The van der Waals surface area contributed by atoms with E-state index < -0.39 is 0 Å². The number of nitrogens with two attached hydrogens (primary N) is 1. The third-order valence-corrected chi connectivity index (χ3v) is 2.37. The number of hydrogen-bond acceptors (Lipinski definition) is 2. The minimum Gasteiger partial charge on any atom is -0.394 e. The molecule has 0 unspecified atom stereocenters. The lowest BCUT2D eigenvalue weighted by Gasteiger charge is -1.98. The van der Waals surface area contributed by atoms with Gasteiger partial charge in [-0.05, 0) is 6.92 Å². The van der Waals surface area contributed by atoms with E-state index in [1.807, 2.05) is 31.2 Å². The van der Waals surface area contributed by atoms with Gasteiger partial charge in [-0.1, -0.05) is 41.4 Å². The van der Waals surface area contributed by atoms with E-state index in [4.69, 9.17) is 17.3 Å². The van der Waals surface area contributed by atoms with Gasteiger partial charge in [0.05, 0.1) is 5.69 Å². The molecule has 0 radical (unpaired) electrons. The Morgan fingerprint density at radius 2 is 1.93 bits per heavy atom. The maximum absolute atomic E-state index is 5.77. The molecule has 0 aliphatic carbocycles. The summed E-state index contributed by atoms with van der Waals surface area (Å²) in [7, 11) is 0. The summed E-state index contributed by atoms with van der Waals surface area (Å²) in [5.41, 5.74) is 9.12. The molecule has 14 heavy (non-hydrogen) atoms. The highest BCUT2D eigenvalue weighted by Gasteiger charge is 2.09. The van der Waals surface area contributed by atoms with Crippen molar-refractivity contribution in [2.45, 2.75) is 6.92 Å². The minimum absolute atomic E-state index is 0.389. The maximum atomic E-state index is 5.77. The highest BCUT2D eigenvalue weighted by Crippen LogP contribution is 2.28. The Labute approximate surface area is 86.9 Å². The first-order valence-electron chi connectivity index (χ1n) is 4.25. The molecule has 0 fully saturated rings. The topological polar surface area (TPSA) is 54.7 Å². The third kappa shape index (κ3) is 1.46. The average Bonchev–Trinajstić information content (AvgIpc) is 2.50. The number of aromatic amines is 1. The van der Waals surface area contributed by atoms with Crippen LogP contribution in [0.5, 0.6) is 0 Å². The van der Waals surface area contributed by atoms with Gasteiger partial charge in [0.25, 0.3) is 0 Å². The molecule has 3 N–H and O–H groups in total. The molecule has 0 spiro atoms. The second-order valence-corrected chi connectivity index (χ2v) is 3.54. The summed E-state index contributed by atoms with van der Waals surface area (Å²) in [6.45, 7) is 2.03. The second kappa shape index (κ2) is 3.35. The number of aromatic nitrogens is 2. The fourth-order valence-corrected chi connectivity index (χ4v) is 1.39. The summed E-state index contributed by atoms with van der Waals surface area (Å²) in [6, 6.07) is 7.96. The zero-order chi connectivity index (χ0) is 10.1. The molecule has 1 aromatic carbocycles. The highest BCUT2D eigenvalue weighted by atomic mass is 35.5. The van der Waals surface area contributed by atoms with Crippen LogP contribution in [0.2, 0.25) is 5.15 Å². The van der Waals surface area contributed by atoms with Crippen LogP contribution in [0, 0.1) is 6.92 Å². The Kier molecular flexibility index (Phi) is 2.17. The molecule has 2 aromatic rings. The predicted octanol–water partition coefficient (Wildman–Crippen LogP) is 2.62. The quantitative estimate of drug-likeness (QED) is 0.755. The van der Waals surface area contributed by atoms with Gasteiger partial charge in [-0.3, -0.25) is 5.10 Å². The highest BCUT2D eigenvalue weighted by molar-refractivity contribution is 6.32. The van der Waals surface area contributed by atoms with Crippen molar-refractivity contribution in [3.05, 3.63) is 35.0 Å². The van der Waals surface area contributed by atoms with Crippen molar-refractivity contribution in [2.24, 2.45) is 0 Å². The molecule has 0 aliphatic rings. The standard InChI is InChI=1S/C10H10ClN3/c1-6-2-4-7(5-3-6)9-8(12)10(11)14-13-9/h2-5H,12H2,1H3,(H,13,14). The van der Waals surface area contributed by atoms with Crippen molar-refractivity contribution in [3.63, 3.8) is 0 Å². The van der Waals surface area contributed by atoms with Crippen LogP contribution in [-0.4, -0.2) is 10.2 Å². The lowest BCUT2D eigenvalue weighted by Crippen LogP contribution is -1.87. The molecule has 0 bridgehead atoms. The van der Waals surface area contributed by atoms with Crippen LogP contribution in [0.1, 0.15) is 5.56 Å². The molecule has 0 amide bonds. The van der Waals surface area contributed by atoms with Crippen LogP contribution in [0.25, 0.3) is 11.3 Å². The van der Waals surface area contributed by atoms with Gasteiger partial charge >= 0.3 is 0 Å². The number of nitrogens with one attached hydrogen (secondary N) is 1. The number of aryl methyl sites for hydroxylation is 1. The number of nitrogen functional groups attached to an aromatic ring is 1. The van der Waals surface area contributed by atoms with Crippen LogP contribution in [0.15, 0.2) is 24.3 Å². The Hall–Kier alpha value is -1.48. The largest absolute Gasteiger partial charge is 0.394 e. The zero-order valence-electron chi connectivity index (χ0n) is 7.71. The Morgan fingerprint density at radius 3 is 2.43 bits per heavy atom. The van der Waals surface area contributed by atoms with Gasteiger partial charge in [-0.2, -0.15) is 5.10 Å². The number of rotatable bonds is 1. The van der Waals surface area contributed by atoms with Crippen molar-refractivity contribution in [1.82, 2.24) is 10.2 Å². The van der Waals surface area contributed by atoms with E-state index in [0.29, 0.717) is 16.5 Å². The molecule has 0 aliphatic heterocycles. The van der Waals surface area contributed by atoms with Crippen LogP contribution >= 0.6 is 11.6 Å². The van der Waals surface area contributed by atoms with Crippen LogP contribution in [0.4, 0.5) is 5.69 Å². The lowest BCUT2D eigenvalue weighted by molar-refractivity contribution is 1.10. The van der Waals surface area contributed by atoms with Crippen LogP contribution in [-0.2, 0) is 0 Å². The van der Waals surface area contributed by atoms with Crippen molar-refractivity contribution in [3.8, 4) is 11.3 Å². The molecule has 2 rings (SSSR count). The normalized spacial score (nSPS) is 10.4. The van der Waals surface area contributed by atoms with Gasteiger partial charge in [0.15, 0.2) is 0 Å². The number of anilines is 1. The number of nitrogens with zero attached hydrogens (tertiary/aromatic N) is 1. The van der Waals surface area contributed by atoms with Gasteiger partial charge < -0.3 is 5.73 Å². The molecule has 3 nitrogen and oxygen atoms in total. The van der Waals surface area contributed by atoms with Crippen molar-refractivity contribution < 1.29 is 0 Å². The summed E-state index contributed by atoms with van der Waals surface area (Å²) >= 11 is 5.77. The van der Waals surface area contributed by atoms with E-state index in [1.165, 1.54) is 5.56 Å². The molecule has 1 heterocycles. The van der Waals surface area contributed by atoms with E-state index in [2.05, 4.69) is 10.2 Å². The van der Waals surface area contributed by atoms with Gasteiger partial charge in [0.1, 0.15) is 10.8 Å². The van der Waals surface area contributed by atoms with Crippen LogP contribution in [0.3, 0.4) is 0 Å². The van der Waals surface area contributed by atoms with Gasteiger partial charge in [-0.15, -0.1) is 0 Å². The van der Waals surface area contributed by atoms with E-state index in [-0.39, 0.29) is 0 Å². The maximum Gasteiger partial charge on any atom is 0.148 e. The molecule has 0 atom stereocenters. The fraction of sp³-hybridized carbons (Fsp3) is 0.100. The van der Waals surface area contributed by atoms with Gasteiger partial charge in [0.2, 0.25) is 0 Å². The molecule has 0 saturated heterocycles. The summed E-state index contributed by atoms with van der Waals surface area (Å²) < 4.78 is 0. The lowest BCUT2D eigenvalue weighted by atomic mass is 10.1. The number of halogens is 1. The molecule has 0 saturated carbocycles. The fourth-order valence-electron chi connectivity index (χ4n) is 1.26. The zero-order valence-corrected chi connectivity index (χ0v) is 8.47. The van der Waals surface area contributed by atoms with Gasteiger partial charge in [0, 0.05) is 5.56 Å². The summed E-state index contributed by atoms with van der Waals surface area (Å²) in [4.78, 5) is 0. The second-order valence-electron chi connectivity index (χ2n) is 3.17. The summed E-state index contributed by atoms with van der Waals surface area (Å²) in [5, 5.41) is 7.06. The van der Waals surface area contributed by atoms with Gasteiger partial charge in [-0.25, -0.2) is 0 Å². The van der Waals surface area contributed by atoms with Crippen LogP contribution < -0.4 is 5.73 Å². The van der Waals surface area contributed by atoms with Crippen molar-refractivity contribution in [2.75, 3.05) is 5.73 Å². The Bertz CT molecular complexity index is 445. The third-order valence-electron chi connectivity index (χ3n) is 2.08. The number of benzene rings is 1. The molecule has 4 heteroatoms. The first kappa shape index (κ1) is 9.09. The summed E-state index contributed by atoms with van der Waals surface area (Å²) in [5.74, 6) is 0. The SMILES string of the molecule is Cc1ccc(-c2n[nH]c(Cl)c2N)cc1. The molecular weight excluding hydrogens is 198 g/mol. The van der Waals surface area contributed by atoms with E-state index in [1.54, 1.807) is 0 Å². The van der Waals surface area contributed by atoms with E-state index in [0.717, 1.165) is 5.56 Å². The summed E-state index contributed by atoms with van der Waals surface area (Å²) in [6.07, 6.45) is 0. The first-order chi connectivity index (χ1) is 6.68. The monoisotopic (exact) mass is 207 g/mol. The Balaban J connectivity index is 2.49.